The highest BCUT2D eigenvalue weighted by atomic mass is 79.9. The number of rotatable bonds is 5. The summed E-state index contributed by atoms with van der Waals surface area (Å²) < 4.78 is 27.2. The second-order valence-corrected chi connectivity index (χ2v) is 7.85. The van der Waals surface area contributed by atoms with E-state index in [-0.39, 0.29) is 4.90 Å². The van der Waals surface area contributed by atoms with Crippen molar-refractivity contribution in [1.29, 1.82) is 0 Å². The number of nitrogen functional groups attached to an aromatic ring is 1. The predicted molar refractivity (Wildman–Crippen MR) is 82.6 cm³/mol. The second kappa shape index (κ2) is 6.24. The Labute approximate surface area is 124 Å². The molecule has 0 radical (unpaired) electrons. The van der Waals surface area contributed by atoms with E-state index in [0.29, 0.717) is 28.2 Å². The monoisotopic (exact) mass is 348 g/mol. The maximum atomic E-state index is 12.6. The molecule has 0 spiro atoms. The molecule has 0 saturated carbocycles. The molecular weight excluding hydrogens is 328 g/mol. The van der Waals surface area contributed by atoms with Crippen molar-refractivity contribution in [2.24, 2.45) is 5.92 Å². The van der Waals surface area contributed by atoms with Crippen molar-refractivity contribution < 1.29 is 8.42 Å². The van der Waals surface area contributed by atoms with Crippen molar-refractivity contribution in [3.63, 3.8) is 0 Å². The zero-order valence-corrected chi connectivity index (χ0v) is 14.2. The average Bonchev–Trinajstić information content (AvgIpc) is 2.33. The van der Waals surface area contributed by atoms with Crippen molar-refractivity contribution in [2.75, 3.05) is 19.3 Å². The minimum Gasteiger partial charge on any atom is -0.398 e. The molecule has 0 heterocycles. The van der Waals surface area contributed by atoms with Gasteiger partial charge in [0.2, 0.25) is 10.0 Å². The summed E-state index contributed by atoms with van der Waals surface area (Å²) in [6, 6.07) is 3.32. The quantitative estimate of drug-likeness (QED) is 0.831. The molecule has 19 heavy (non-hydrogen) atoms. The van der Waals surface area contributed by atoms with Crippen molar-refractivity contribution in [3.05, 3.63) is 22.2 Å². The van der Waals surface area contributed by atoms with E-state index < -0.39 is 10.0 Å². The van der Waals surface area contributed by atoms with Crippen LogP contribution in [0.2, 0.25) is 0 Å². The third kappa shape index (κ3) is 3.70. The highest BCUT2D eigenvalue weighted by Gasteiger charge is 2.25. The molecule has 0 saturated heterocycles. The van der Waals surface area contributed by atoms with Crippen LogP contribution < -0.4 is 5.73 Å². The van der Waals surface area contributed by atoms with E-state index in [4.69, 9.17) is 5.73 Å². The van der Waals surface area contributed by atoms with E-state index in [0.717, 1.165) is 6.42 Å². The van der Waals surface area contributed by atoms with Crippen LogP contribution >= 0.6 is 15.9 Å². The normalized spacial score (nSPS) is 13.8. The Morgan fingerprint density at radius 3 is 2.53 bits per heavy atom. The summed E-state index contributed by atoms with van der Waals surface area (Å²) in [6.45, 7) is 6.32. The number of hydrogen-bond acceptors (Lipinski definition) is 3. The molecule has 1 aromatic carbocycles. The summed E-state index contributed by atoms with van der Waals surface area (Å²) >= 11 is 3.29. The average molecular weight is 349 g/mol. The molecule has 108 valence electrons. The highest BCUT2D eigenvalue weighted by molar-refractivity contribution is 9.10. The van der Waals surface area contributed by atoms with E-state index in [1.54, 1.807) is 26.1 Å². The number of benzene rings is 1. The fourth-order valence-electron chi connectivity index (χ4n) is 1.78. The van der Waals surface area contributed by atoms with Crippen molar-refractivity contribution in [3.8, 4) is 0 Å². The first-order valence-electron chi connectivity index (χ1n) is 6.22. The van der Waals surface area contributed by atoms with Gasteiger partial charge in [0, 0.05) is 23.8 Å². The van der Waals surface area contributed by atoms with Crippen LogP contribution in [0.4, 0.5) is 5.69 Å². The van der Waals surface area contributed by atoms with E-state index in [2.05, 4.69) is 15.9 Å². The Kier molecular flexibility index (Phi) is 5.41. The summed E-state index contributed by atoms with van der Waals surface area (Å²) in [5.74, 6) is 0.324. The first kappa shape index (κ1) is 16.5. The molecule has 0 aliphatic carbocycles. The molecule has 0 aromatic heterocycles. The standard InChI is InChI=1S/C13H21BrN2O2S/c1-5-9(2)8-16(4)19(17,18)13-7-11(14)6-12(15)10(13)3/h6-7,9H,5,8,15H2,1-4H3. The molecule has 1 atom stereocenters. The zero-order chi connectivity index (χ0) is 14.8. The van der Waals surface area contributed by atoms with Gasteiger partial charge in [0.1, 0.15) is 0 Å². The number of hydrogen-bond donors (Lipinski definition) is 1. The third-order valence-electron chi connectivity index (χ3n) is 3.32. The van der Waals surface area contributed by atoms with E-state index in [1.807, 2.05) is 13.8 Å². The van der Waals surface area contributed by atoms with Crippen LogP contribution in [0.25, 0.3) is 0 Å². The molecule has 0 fully saturated rings. The number of halogens is 1. The molecule has 4 nitrogen and oxygen atoms in total. The smallest absolute Gasteiger partial charge is 0.243 e. The summed E-state index contributed by atoms with van der Waals surface area (Å²) in [7, 11) is -1.89. The van der Waals surface area contributed by atoms with E-state index in [1.165, 1.54) is 4.31 Å². The van der Waals surface area contributed by atoms with Gasteiger partial charge < -0.3 is 5.73 Å². The fourth-order valence-corrected chi connectivity index (χ4v) is 3.97. The van der Waals surface area contributed by atoms with Gasteiger partial charge >= 0.3 is 0 Å². The van der Waals surface area contributed by atoms with Gasteiger partial charge in [0.05, 0.1) is 4.90 Å². The second-order valence-electron chi connectivity index (χ2n) is 4.92. The summed E-state index contributed by atoms with van der Waals surface area (Å²) in [6.07, 6.45) is 0.944. The summed E-state index contributed by atoms with van der Waals surface area (Å²) in [4.78, 5) is 0.269. The minimum atomic E-state index is -3.50. The number of anilines is 1. The molecule has 2 N–H and O–H groups in total. The molecule has 1 unspecified atom stereocenters. The molecule has 0 amide bonds. The molecular formula is C13H21BrN2O2S. The van der Waals surface area contributed by atoms with Crippen molar-refractivity contribution in [1.82, 2.24) is 4.31 Å². The number of sulfonamides is 1. The Morgan fingerprint density at radius 1 is 1.42 bits per heavy atom. The van der Waals surface area contributed by atoms with Gasteiger partial charge in [0.15, 0.2) is 0 Å². The molecule has 6 heteroatoms. The highest BCUT2D eigenvalue weighted by Crippen LogP contribution is 2.28. The lowest BCUT2D eigenvalue weighted by Gasteiger charge is -2.22. The molecule has 1 rings (SSSR count). The lowest BCUT2D eigenvalue weighted by atomic mass is 10.1. The van der Waals surface area contributed by atoms with Gasteiger partial charge in [-0.2, -0.15) is 0 Å². The summed E-state index contributed by atoms with van der Waals surface area (Å²) in [5.41, 5.74) is 6.91. The van der Waals surface area contributed by atoms with Gasteiger partial charge in [-0.1, -0.05) is 36.2 Å². The largest absolute Gasteiger partial charge is 0.398 e. The zero-order valence-electron chi connectivity index (χ0n) is 11.8. The van der Waals surface area contributed by atoms with Crippen LogP contribution in [0.3, 0.4) is 0 Å². The van der Waals surface area contributed by atoms with Gasteiger partial charge in [0.25, 0.3) is 0 Å². The first-order chi connectivity index (χ1) is 8.70. The lowest BCUT2D eigenvalue weighted by Crippen LogP contribution is -2.31. The minimum absolute atomic E-state index is 0.269. The van der Waals surface area contributed by atoms with Gasteiger partial charge in [-0.15, -0.1) is 0 Å². The maximum absolute atomic E-state index is 12.6. The Bertz CT molecular complexity index is 558. The predicted octanol–water partition coefficient (Wildman–Crippen LogP) is 3.01. The van der Waals surface area contributed by atoms with Gasteiger partial charge in [-0.05, 0) is 30.5 Å². The first-order valence-corrected chi connectivity index (χ1v) is 8.45. The summed E-state index contributed by atoms with van der Waals surface area (Å²) in [5, 5.41) is 0. The van der Waals surface area contributed by atoms with Crippen LogP contribution in [0, 0.1) is 12.8 Å². The van der Waals surface area contributed by atoms with Crippen LogP contribution in [0.15, 0.2) is 21.5 Å². The number of nitrogens with two attached hydrogens (primary N) is 1. The van der Waals surface area contributed by atoms with Crippen LogP contribution in [-0.2, 0) is 10.0 Å². The molecule has 0 bridgehead atoms. The Balaban J connectivity index is 3.20. The van der Waals surface area contributed by atoms with Crippen molar-refractivity contribution in [2.45, 2.75) is 32.1 Å². The lowest BCUT2D eigenvalue weighted by molar-refractivity contribution is 0.393. The molecule has 0 aliphatic rings. The maximum Gasteiger partial charge on any atom is 0.243 e. The van der Waals surface area contributed by atoms with Crippen LogP contribution in [-0.4, -0.2) is 26.3 Å². The topological polar surface area (TPSA) is 63.4 Å². The Morgan fingerprint density at radius 2 is 2.00 bits per heavy atom. The number of nitrogens with zero attached hydrogens (tertiary/aromatic N) is 1. The molecule has 0 aliphatic heterocycles. The molecule has 1 aromatic rings. The van der Waals surface area contributed by atoms with Gasteiger partial charge in [-0.25, -0.2) is 12.7 Å². The van der Waals surface area contributed by atoms with Crippen LogP contribution in [0.5, 0.6) is 0 Å². The van der Waals surface area contributed by atoms with E-state index >= 15 is 0 Å². The van der Waals surface area contributed by atoms with Crippen LogP contribution in [0.1, 0.15) is 25.8 Å². The fraction of sp³-hybridized carbons (Fsp3) is 0.538. The van der Waals surface area contributed by atoms with Crippen molar-refractivity contribution >= 4 is 31.6 Å². The Hall–Kier alpha value is -0.590. The SMILES string of the molecule is CCC(C)CN(C)S(=O)(=O)c1cc(Br)cc(N)c1C. The van der Waals surface area contributed by atoms with E-state index in [9.17, 15) is 8.42 Å². The van der Waals surface area contributed by atoms with Gasteiger partial charge in [-0.3, -0.25) is 0 Å². The third-order valence-corrected chi connectivity index (χ3v) is 5.73.